The molecule has 26 heavy (non-hydrogen) atoms. The van der Waals surface area contributed by atoms with Crippen LogP contribution in [-0.4, -0.2) is 81.7 Å². The lowest BCUT2D eigenvalue weighted by Crippen LogP contribution is -2.44. The highest BCUT2D eigenvalue weighted by atomic mass is 16.4. The van der Waals surface area contributed by atoms with E-state index >= 15 is 0 Å². The third-order valence-corrected chi connectivity index (χ3v) is 3.83. The van der Waals surface area contributed by atoms with Gasteiger partial charge >= 0.3 is 17.9 Å². The van der Waals surface area contributed by atoms with Crippen LogP contribution in [-0.2, 0) is 19.2 Å². The first-order chi connectivity index (χ1) is 12.3. The normalized spacial score (nSPS) is 10.7. The molecule has 150 valence electrons. The number of carboxylic acids is 3. The number of carbonyl (C=O) groups is 4. The number of hydrogen-bond acceptors (Lipinski definition) is 5. The van der Waals surface area contributed by atoms with Crippen LogP contribution in [0.4, 0.5) is 0 Å². The molecule has 0 heterocycles. The van der Waals surface area contributed by atoms with Gasteiger partial charge in [0.15, 0.2) is 0 Å². The molecule has 0 spiro atoms. The molecule has 9 nitrogen and oxygen atoms in total. The van der Waals surface area contributed by atoms with Crippen molar-refractivity contribution in [1.82, 2.24) is 9.80 Å². The van der Waals surface area contributed by atoms with Crippen LogP contribution in [0.5, 0.6) is 0 Å². The third kappa shape index (κ3) is 13.2. The van der Waals surface area contributed by atoms with Gasteiger partial charge in [-0.15, -0.1) is 0 Å². The second kappa shape index (κ2) is 14.1. The summed E-state index contributed by atoms with van der Waals surface area (Å²) in [7, 11) is 0. The van der Waals surface area contributed by atoms with Crippen molar-refractivity contribution < 1.29 is 34.5 Å². The van der Waals surface area contributed by atoms with Gasteiger partial charge in [-0.05, 0) is 6.42 Å². The Hall–Kier alpha value is -2.16. The Morgan fingerprint density at radius 1 is 0.692 bits per heavy atom. The van der Waals surface area contributed by atoms with Gasteiger partial charge in [0.1, 0.15) is 6.54 Å². The van der Waals surface area contributed by atoms with Crippen molar-refractivity contribution in [3.63, 3.8) is 0 Å². The van der Waals surface area contributed by atoms with Crippen LogP contribution in [0, 0.1) is 0 Å². The molecule has 0 saturated heterocycles. The summed E-state index contributed by atoms with van der Waals surface area (Å²) in [4.78, 5) is 47.1. The Balaban J connectivity index is 4.51. The topological polar surface area (TPSA) is 135 Å². The molecule has 9 heteroatoms. The summed E-state index contributed by atoms with van der Waals surface area (Å²) in [5, 5.41) is 26.6. The van der Waals surface area contributed by atoms with Gasteiger partial charge in [0.05, 0.1) is 13.1 Å². The fraction of sp³-hybridized carbons (Fsp3) is 0.765. The quantitative estimate of drug-likeness (QED) is 0.342. The minimum Gasteiger partial charge on any atom is -0.480 e. The van der Waals surface area contributed by atoms with Gasteiger partial charge in [0, 0.05) is 19.5 Å². The standard InChI is InChI=1S/C17H30N2O7/c1-2-3-4-5-6-7-8-14(20)19(13-17(25)26)10-9-18(11-15(21)22)12-16(23)24/h2-13H2,1H3,(H,21,22)(H,23,24)(H,25,26). The molecular formula is C17H30N2O7. The maximum Gasteiger partial charge on any atom is 0.323 e. The third-order valence-electron chi connectivity index (χ3n) is 3.83. The smallest absolute Gasteiger partial charge is 0.323 e. The number of nitrogens with zero attached hydrogens (tertiary/aromatic N) is 2. The van der Waals surface area contributed by atoms with Crippen molar-refractivity contribution >= 4 is 23.8 Å². The van der Waals surface area contributed by atoms with E-state index in [9.17, 15) is 19.2 Å². The van der Waals surface area contributed by atoms with Crippen LogP contribution in [0.15, 0.2) is 0 Å². The minimum atomic E-state index is -1.19. The maximum absolute atomic E-state index is 12.2. The average molecular weight is 374 g/mol. The molecule has 0 aliphatic rings. The molecule has 0 aliphatic carbocycles. The fourth-order valence-electron chi connectivity index (χ4n) is 2.53. The lowest BCUT2D eigenvalue weighted by molar-refractivity contribution is -0.145. The van der Waals surface area contributed by atoms with Gasteiger partial charge < -0.3 is 20.2 Å². The number of aliphatic carboxylic acids is 3. The van der Waals surface area contributed by atoms with E-state index in [1.54, 1.807) is 0 Å². The van der Waals surface area contributed by atoms with Crippen LogP contribution in [0.2, 0.25) is 0 Å². The van der Waals surface area contributed by atoms with Gasteiger partial charge in [-0.25, -0.2) is 0 Å². The summed E-state index contributed by atoms with van der Waals surface area (Å²) in [5.74, 6) is -3.85. The predicted molar refractivity (Wildman–Crippen MR) is 93.9 cm³/mol. The average Bonchev–Trinajstić information content (AvgIpc) is 2.52. The summed E-state index contributed by atoms with van der Waals surface area (Å²) in [6, 6.07) is 0. The Kier molecular flexibility index (Phi) is 12.9. The van der Waals surface area contributed by atoms with Crippen molar-refractivity contribution in [2.24, 2.45) is 0 Å². The summed E-state index contributed by atoms with van der Waals surface area (Å²) < 4.78 is 0. The summed E-state index contributed by atoms with van der Waals surface area (Å²) in [6.07, 6.45) is 6.24. The van der Waals surface area contributed by atoms with Gasteiger partial charge in [0.2, 0.25) is 5.91 Å². The molecule has 0 aromatic carbocycles. The molecule has 0 rings (SSSR count). The first-order valence-corrected chi connectivity index (χ1v) is 8.91. The van der Waals surface area contributed by atoms with Gasteiger partial charge in [-0.2, -0.15) is 0 Å². The van der Waals surface area contributed by atoms with E-state index in [4.69, 9.17) is 15.3 Å². The van der Waals surface area contributed by atoms with E-state index in [1.165, 1.54) is 0 Å². The van der Waals surface area contributed by atoms with Crippen molar-refractivity contribution in [1.29, 1.82) is 0 Å². The highest BCUT2D eigenvalue weighted by molar-refractivity contribution is 5.81. The molecule has 0 aromatic heterocycles. The van der Waals surface area contributed by atoms with Crippen molar-refractivity contribution in [2.75, 3.05) is 32.7 Å². The lowest BCUT2D eigenvalue weighted by Gasteiger charge is -2.25. The molecule has 0 fully saturated rings. The van der Waals surface area contributed by atoms with Crippen LogP contribution >= 0.6 is 0 Å². The van der Waals surface area contributed by atoms with Crippen molar-refractivity contribution in [3.05, 3.63) is 0 Å². The summed E-state index contributed by atoms with van der Waals surface area (Å²) in [5.41, 5.74) is 0. The van der Waals surface area contributed by atoms with Crippen LogP contribution < -0.4 is 0 Å². The molecule has 0 aromatic rings. The minimum absolute atomic E-state index is 0.0197. The SMILES string of the molecule is CCCCCCCCC(=O)N(CCN(CC(=O)O)CC(=O)O)CC(=O)O. The van der Waals surface area contributed by atoms with Crippen LogP contribution in [0.25, 0.3) is 0 Å². The number of unbranched alkanes of at least 4 members (excludes halogenated alkanes) is 5. The zero-order chi connectivity index (χ0) is 19.9. The second-order valence-electron chi connectivity index (χ2n) is 6.22. The van der Waals surface area contributed by atoms with E-state index in [1.807, 2.05) is 0 Å². The molecule has 1 amide bonds. The van der Waals surface area contributed by atoms with E-state index in [0.29, 0.717) is 6.42 Å². The Morgan fingerprint density at radius 2 is 1.19 bits per heavy atom. The van der Waals surface area contributed by atoms with Gasteiger partial charge in [-0.3, -0.25) is 24.1 Å². The van der Waals surface area contributed by atoms with Crippen molar-refractivity contribution in [2.45, 2.75) is 51.9 Å². The lowest BCUT2D eigenvalue weighted by atomic mass is 10.1. The Labute approximate surface area is 153 Å². The Morgan fingerprint density at radius 3 is 1.69 bits per heavy atom. The number of hydrogen-bond donors (Lipinski definition) is 3. The highest BCUT2D eigenvalue weighted by Gasteiger charge is 2.19. The first-order valence-electron chi connectivity index (χ1n) is 8.91. The zero-order valence-electron chi connectivity index (χ0n) is 15.4. The van der Waals surface area contributed by atoms with E-state index in [2.05, 4.69) is 6.92 Å². The molecule has 0 unspecified atom stereocenters. The molecule has 0 saturated carbocycles. The van der Waals surface area contributed by atoms with Gasteiger partial charge in [0.25, 0.3) is 0 Å². The molecular weight excluding hydrogens is 344 g/mol. The molecule has 0 radical (unpaired) electrons. The molecule has 0 atom stereocenters. The van der Waals surface area contributed by atoms with Crippen molar-refractivity contribution in [3.8, 4) is 0 Å². The maximum atomic E-state index is 12.2. The van der Waals surface area contributed by atoms with Gasteiger partial charge in [-0.1, -0.05) is 39.0 Å². The summed E-state index contributed by atoms with van der Waals surface area (Å²) in [6.45, 7) is 0.612. The zero-order valence-corrected chi connectivity index (χ0v) is 15.4. The number of amides is 1. The first kappa shape index (κ1) is 23.8. The number of carbonyl (C=O) groups excluding carboxylic acids is 1. The predicted octanol–water partition coefficient (Wildman–Crippen LogP) is 1.12. The second-order valence-corrected chi connectivity index (χ2v) is 6.22. The monoisotopic (exact) mass is 374 g/mol. The van der Waals surface area contributed by atoms with E-state index in [-0.39, 0.29) is 25.4 Å². The Bertz CT molecular complexity index is 452. The fourth-order valence-corrected chi connectivity index (χ4v) is 2.53. The van der Waals surface area contributed by atoms with E-state index < -0.39 is 37.5 Å². The largest absolute Gasteiger partial charge is 0.480 e. The van der Waals surface area contributed by atoms with Crippen LogP contribution in [0.3, 0.4) is 0 Å². The summed E-state index contributed by atoms with van der Waals surface area (Å²) >= 11 is 0. The molecule has 0 aliphatic heterocycles. The molecule has 3 N–H and O–H groups in total. The molecule has 0 bridgehead atoms. The highest BCUT2D eigenvalue weighted by Crippen LogP contribution is 2.08. The van der Waals surface area contributed by atoms with E-state index in [0.717, 1.165) is 41.9 Å². The number of rotatable bonds is 16. The van der Waals surface area contributed by atoms with Crippen LogP contribution in [0.1, 0.15) is 51.9 Å². The number of carboxylic acid groups (broad SMARTS) is 3.